The largest absolute Gasteiger partial charge is 0.493 e. The molecule has 0 aliphatic carbocycles. The molecule has 0 amide bonds. The Morgan fingerprint density at radius 3 is 2.57 bits per heavy atom. The Hall–Kier alpha value is -2.27. The Kier molecular flexibility index (Phi) is 3.43. The summed E-state index contributed by atoms with van der Waals surface area (Å²) in [7, 11) is 3.13. The lowest BCUT2D eigenvalue weighted by Crippen LogP contribution is -2.02. The Bertz CT molecular complexity index is 816. The van der Waals surface area contributed by atoms with Crippen LogP contribution < -0.4 is 9.47 Å². The maximum atomic E-state index is 12.6. The molecule has 5 heteroatoms. The first-order chi connectivity index (χ1) is 10.1. The molecule has 0 fully saturated rings. The summed E-state index contributed by atoms with van der Waals surface area (Å²) in [5.41, 5.74) is 2.34. The first-order valence-corrected chi connectivity index (χ1v) is 7.35. The molecule has 1 N–H and O–H groups in total. The zero-order chi connectivity index (χ0) is 15.0. The molecular weight excluding hydrogens is 286 g/mol. The topological polar surface area (TPSA) is 51.3 Å². The van der Waals surface area contributed by atoms with Crippen molar-refractivity contribution in [1.29, 1.82) is 0 Å². The van der Waals surface area contributed by atoms with Crippen LogP contribution in [0.5, 0.6) is 11.5 Å². The molecule has 108 valence electrons. The molecule has 0 atom stereocenters. The van der Waals surface area contributed by atoms with Gasteiger partial charge in [0.15, 0.2) is 11.5 Å². The Morgan fingerprint density at radius 2 is 1.90 bits per heavy atom. The van der Waals surface area contributed by atoms with Gasteiger partial charge in [0.2, 0.25) is 5.78 Å². The number of ether oxygens (including phenoxy) is 2. The van der Waals surface area contributed by atoms with Gasteiger partial charge in [-0.1, -0.05) is 0 Å². The molecule has 2 aromatic heterocycles. The van der Waals surface area contributed by atoms with Gasteiger partial charge in [-0.3, -0.25) is 4.79 Å². The van der Waals surface area contributed by atoms with E-state index in [1.54, 1.807) is 43.8 Å². The van der Waals surface area contributed by atoms with E-state index in [0.717, 1.165) is 10.2 Å². The highest BCUT2D eigenvalue weighted by Gasteiger charge is 2.16. The molecular formula is C16H15NO3S. The SMILES string of the molecule is COc1ccc(C(=O)c2cc3c(C)csc3[nH]2)cc1OC. The predicted molar refractivity (Wildman–Crippen MR) is 83.9 cm³/mol. The van der Waals surface area contributed by atoms with E-state index in [-0.39, 0.29) is 5.78 Å². The van der Waals surface area contributed by atoms with Crippen LogP contribution in [0.1, 0.15) is 21.6 Å². The van der Waals surface area contributed by atoms with Gasteiger partial charge in [-0.2, -0.15) is 0 Å². The fourth-order valence-corrected chi connectivity index (χ4v) is 3.22. The summed E-state index contributed by atoms with van der Waals surface area (Å²) in [6, 6.07) is 7.08. The number of methoxy groups -OCH3 is 2. The van der Waals surface area contributed by atoms with E-state index in [2.05, 4.69) is 10.4 Å². The molecule has 0 unspecified atom stereocenters. The molecule has 0 saturated carbocycles. The van der Waals surface area contributed by atoms with Crippen LogP contribution in [0.25, 0.3) is 10.2 Å². The van der Waals surface area contributed by atoms with Gasteiger partial charge in [0.1, 0.15) is 4.83 Å². The standard InChI is InChI=1S/C16H15NO3S/c1-9-8-21-16-11(9)7-12(17-16)15(18)10-4-5-13(19-2)14(6-10)20-3/h4-8,17H,1-3H3. The molecule has 1 aromatic carbocycles. The van der Waals surface area contributed by atoms with Crippen LogP contribution in [0.4, 0.5) is 0 Å². The average molecular weight is 301 g/mol. The fourth-order valence-electron chi connectivity index (χ4n) is 2.29. The van der Waals surface area contributed by atoms with E-state index in [9.17, 15) is 4.79 Å². The predicted octanol–water partition coefficient (Wildman–Crippen LogP) is 3.79. The highest BCUT2D eigenvalue weighted by molar-refractivity contribution is 7.17. The second kappa shape index (κ2) is 5.26. The maximum absolute atomic E-state index is 12.6. The van der Waals surface area contributed by atoms with Gasteiger partial charge in [-0.05, 0) is 42.1 Å². The van der Waals surface area contributed by atoms with Gasteiger partial charge >= 0.3 is 0 Å². The minimum absolute atomic E-state index is 0.0567. The molecule has 21 heavy (non-hydrogen) atoms. The van der Waals surface area contributed by atoms with E-state index in [1.807, 2.05) is 13.0 Å². The number of ketones is 1. The van der Waals surface area contributed by atoms with Crippen molar-refractivity contribution in [2.75, 3.05) is 14.2 Å². The Morgan fingerprint density at radius 1 is 1.14 bits per heavy atom. The third kappa shape index (κ3) is 2.29. The van der Waals surface area contributed by atoms with Crippen molar-refractivity contribution < 1.29 is 14.3 Å². The van der Waals surface area contributed by atoms with Crippen molar-refractivity contribution in [2.45, 2.75) is 6.92 Å². The summed E-state index contributed by atoms with van der Waals surface area (Å²) in [6.45, 7) is 2.04. The lowest BCUT2D eigenvalue weighted by atomic mass is 10.1. The second-order valence-electron chi connectivity index (χ2n) is 4.74. The number of hydrogen-bond donors (Lipinski definition) is 1. The normalized spacial score (nSPS) is 10.8. The summed E-state index contributed by atoms with van der Waals surface area (Å²) in [6.07, 6.45) is 0. The van der Waals surface area contributed by atoms with Crippen LogP contribution in [0.2, 0.25) is 0 Å². The minimum atomic E-state index is -0.0567. The van der Waals surface area contributed by atoms with Crippen molar-refractivity contribution in [1.82, 2.24) is 4.98 Å². The molecule has 2 heterocycles. The number of carbonyl (C=O) groups is 1. The molecule has 0 radical (unpaired) electrons. The highest BCUT2D eigenvalue weighted by Crippen LogP contribution is 2.30. The van der Waals surface area contributed by atoms with Gasteiger partial charge < -0.3 is 14.5 Å². The fraction of sp³-hybridized carbons (Fsp3) is 0.188. The quantitative estimate of drug-likeness (QED) is 0.746. The highest BCUT2D eigenvalue weighted by atomic mass is 32.1. The number of rotatable bonds is 4. The molecule has 0 aliphatic heterocycles. The summed E-state index contributed by atoms with van der Waals surface area (Å²) in [4.78, 5) is 16.8. The van der Waals surface area contributed by atoms with Crippen molar-refractivity contribution in [2.24, 2.45) is 0 Å². The average Bonchev–Trinajstić information content (AvgIpc) is 3.08. The molecule has 0 bridgehead atoms. The van der Waals surface area contributed by atoms with Crippen molar-refractivity contribution >= 4 is 27.3 Å². The van der Waals surface area contributed by atoms with Crippen LogP contribution in [0, 0.1) is 6.92 Å². The number of carbonyl (C=O) groups excluding carboxylic acids is 1. The minimum Gasteiger partial charge on any atom is -0.493 e. The zero-order valence-corrected chi connectivity index (χ0v) is 12.8. The van der Waals surface area contributed by atoms with Gasteiger partial charge in [-0.25, -0.2) is 0 Å². The number of aromatic amines is 1. The lowest BCUT2D eigenvalue weighted by molar-refractivity contribution is 0.103. The summed E-state index contributed by atoms with van der Waals surface area (Å²) < 4.78 is 10.4. The van der Waals surface area contributed by atoms with E-state index in [4.69, 9.17) is 9.47 Å². The monoisotopic (exact) mass is 301 g/mol. The number of thiophene rings is 1. The Labute approximate surface area is 126 Å². The number of hydrogen-bond acceptors (Lipinski definition) is 4. The smallest absolute Gasteiger partial charge is 0.209 e. The number of aromatic nitrogens is 1. The number of benzene rings is 1. The van der Waals surface area contributed by atoms with Crippen molar-refractivity contribution in [3.8, 4) is 11.5 Å². The van der Waals surface area contributed by atoms with E-state index in [1.165, 1.54) is 5.56 Å². The van der Waals surface area contributed by atoms with Crippen LogP contribution in [0.3, 0.4) is 0 Å². The van der Waals surface area contributed by atoms with E-state index >= 15 is 0 Å². The third-order valence-corrected chi connectivity index (χ3v) is 4.48. The van der Waals surface area contributed by atoms with Crippen molar-refractivity contribution in [3.63, 3.8) is 0 Å². The first kappa shape index (κ1) is 13.7. The van der Waals surface area contributed by atoms with Gasteiger partial charge in [0.05, 0.1) is 19.9 Å². The van der Waals surface area contributed by atoms with Crippen LogP contribution in [-0.2, 0) is 0 Å². The van der Waals surface area contributed by atoms with Crippen LogP contribution in [-0.4, -0.2) is 25.0 Å². The summed E-state index contributed by atoms with van der Waals surface area (Å²) in [5, 5.41) is 3.18. The second-order valence-corrected chi connectivity index (χ2v) is 5.62. The number of aryl methyl sites for hydroxylation is 1. The molecule has 0 saturated heterocycles. The number of H-pyrrole nitrogens is 1. The molecule has 3 aromatic rings. The van der Waals surface area contributed by atoms with Gasteiger partial charge in [-0.15, -0.1) is 11.3 Å². The van der Waals surface area contributed by atoms with E-state index in [0.29, 0.717) is 22.8 Å². The zero-order valence-electron chi connectivity index (χ0n) is 12.0. The van der Waals surface area contributed by atoms with Crippen molar-refractivity contribution in [3.05, 3.63) is 46.5 Å². The Balaban J connectivity index is 2.01. The first-order valence-electron chi connectivity index (χ1n) is 6.47. The van der Waals surface area contributed by atoms with Gasteiger partial charge in [0, 0.05) is 10.9 Å². The molecule has 0 aliphatic rings. The van der Waals surface area contributed by atoms with Crippen LogP contribution >= 0.6 is 11.3 Å². The molecule has 3 rings (SSSR count). The summed E-state index contributed by atoms with van der Waals surface area (Å²) in [5.74, 6) is 1.10. The summed E-state index contributed by atoms with van der Waals surface area (Å²) >= 11 is 1.61. The van der Waals surface area contributed by atoms with Crippen LogP contribution in [0.15, 0.2) is 29.6 Å². The van der Waals surface area contributed by atoms with Gasteiger partial charge in [0.25, 0.3) is 0 Å². The molecule has 0 spiro atoms. The number of nitrogens with one attached hydrogen (secondary N) is 1. The maximum Gasteiger partial charge on any atom is 0.209 e. The lowest BCUT2D eigenvalue weighted by Gasteiger charge is -2.08. The molecule has 4 nitrogen and oxygen atoms in total. The van der Waals surface area contributed by atoms with E-state index < -0.39 is 0 Å². The third-order valence-electron chi connectivity index (χ3n) is 3.45. The number of fused-ring (bicyclic) bond motifs is 1.